The predicted molar refractivity (Wildman–Crippen MR) is 90.2 cm³/mol. The summed E-state index contributed by atoms with van der Waals surface area (Å²) in [5.41, 5.74) is 9.00. The molecule has 0 saturated heterocycles. The second kappa shape index (κ2) is 6.62. The molecule has 104 valence electrons. The number of rotatable bonds is 4. The maximum absolute atomic E-state index is 5.69. The van der Waals surface area contributed by atoms with Crippen LogP contribution in [0.5, 0.6) is 0 Å². The molecule has 2 atom stereocenters. The Morgan fingerprint density at radius 1 is 1.42 bits per heavy atom. The van der Waals surface area contributed by atoms with Gasteiger partial charge in [0.2, 0.25) is 0 Å². The van der Waals surface area contributed by atoms with Gasteiger partial charge < -0.3 is 11.1 Å². The SMILES string of the molecule is CSC1CCCC(Nc2ccc(C(N)=S)c(C)c2)C1. The monoisotopic (exact) mass is 294 g/mol. The van der Waals surface area contributed by atoms with Gasteiger partial charge in [-0.25, -0.2) is 0 Å². The Morgan fingerprint density at radius 3 is 2.84 bits per heavy atom. The first-order valence-corrected chi connectivity index (χ1v) is 8.49. The number of nitrogens with two attached hydrogens (primary N) is 1. The highest BCUT2D eigenvalue weighted by Crippen LogP contribution is 2.29. The van der Waals surface area contributed by atoms with Crippen LogP contribution in [0.2, 0.25) is 0 Å². The predicted octanol–water partition coefficient (Wildman–Crippen LogP) is 3.72. The molecular formula is C15H22N2S2. The summed E-state index contributed by atoms with van der Waals surface area (Å²) in [5.74, 6) is 0. The van der Waals surface area contributed by atoms with E-state index in [4.69, 9.17) is 18.0 Å². The number of thioether (sulfide) groups is 1. The van der Waals surface area contributed by atoms with Gasteiger partial charge in [-0.15, -0.1) is 0 Å². The van der Waals surface area contributed by atoms with Crippen LogP contribution >= 0.6 is 24.0 Å². The number of nitrogens with one attached hydrogen (secondary N) is 1. The van der Waals surface area contributed by atoms with Crippen LogP contribution in [0.15, 0.2) is 18.2 Å². The van der Waals surface area contributed by atoms with Crippen molar-refractivity contribution in [2.24, 2.45) is 5.73 Å². The van der Waals surface area contributed by atoms with Gasteiger partial charge in [0, 0.05) is 22.5 Å². The van der Waals surface area contributed by atoms with Gasteiger partial charge in [-0.3, -0.25) is 0 Å². The highest BCUT2D eigenvalue weighted by Gasteiger charge is 2.21. The number of benzene rings is 1. The fraction of sp³-hybridized carbons (Fsp3) is 0.533. The molecule has 1 aromatic carbocycles. The smallest absolute Gasteiger partial charge is 0.104 e. The summed E-state index contributed by atoms with van der Waals surface area (Å²) in [6.07, 6.45) is 7.44. The molecule has 0 amide bonds. The summed E-state index contributed by atoms with van der Waals surface area (Å²) in [6.45, 7) is 2.06. The minimum absolute atomic E-state index is 0.476. The summed E-state index contributed by atoms with van der Waals surface area (Å²) in [6, 6.07) is 6.86. The van der Waals surface area contributed by atoms with E-state index in [9.17, 15) is 0 Å². The second-order valence-electron chi connectivity index (χ2n) is 5.26. The number of aryl methyl sites for hydroxylation is 1. The molecule has 3 N–H and O–H groups in total. The lowest BCUT2D eigenvalue weighted by Gasteiger charge is -2.29. The van der Waals surface area contributed by atoms with Crippen LogP contribution in [0, 0.1) is 6.92 Å². The van der Waals surface area contributed by atoms with Crippen LogP contribution in [0.3, 0.4) is 0 Å². The Hall–Kier alpha value is -0.740. The molecule has 1 saturated carbocycles. The van der Waals surface area contributed by atoms with Crippen molar-refractivity contribution in [2.45, 2.75) is 43.9 Å². The molecule has 4 heteroatoms. The van der Waals surface area contributed by atoms with Crippen LogP contribution in [0.1, 0.15) is 36.8 Å². The number of hydrogen-bond acceptors (Lipinski definition) is 3. The van der Waals surface area contributed by atoms with Crippen molar-refractivity contribution in [1.29, 1.82) is 0 Å². The van der Waals surface area contributed by atoms with Crippen molar-refractivity contribution in [3.63, 3.8) is 0 Å². The fourth-order valence-electron chi connectivity index (χ4n) is 2.76. The zero-order valence-corrected chi connectivity index (χ0v) is 13.2. The molecule has 0 aromatic heterocycles. The number of hydrogen-bond donors (Lipinski definition) is 2. The molecule has 19 heavy (non-hydrogen) atoms. The fourth-order valence-corrected chi connectivity index (χ4v) is 3.81. The van der Waals surface area contributed by atoms with Crippen LogP contribution in [-0.4, -0.2) is 22.5 Å². The Bertz CT molecular complexity index is 459. The topological polar surface area (TPSA) is 38.0 Å². The second-order valence-corrected chi connectivity index (χ2v) is 6.84. The molecule has 0 spiro atoms. The van der Waals surface area contributed by atoms with Gasteiger partial charge in [-0.2, -0.15) is 11.8 Å². The number of thiocarbonyl (C=S) groups is 1. The van der Waals surface area contributed by atoms with E-state index in [-0.39, 0.29) is 0 Å². The average Bonchev–Trinajstić information content (AvgIpc) is 2.38. The third-order valence-corrected chi connectivity index (χ3v) is 5.14. The zero-order valence-electron chi connectivity index (χ0n) is 11.6. The van der Waals surface area contributed by atoms with E-state index in [1.807, 2.05) is 17.8 Å². The van der Waals surface area contributed by atoms with Gasteiger partial charge in [-0.1, -0.05) is 18.6 Å². The normalized spacial score (nSPS) is 23.1. The third kappa shape index (κ3) is 3.86. The van der Waals surface area contributed by atoms with Gasteiger partial charge in [0.15, 0.2) is 0 Å². The minimum atomic E-state index is 0.476. The molecule has 2 nitrogen and oxygen atoms in total. The molecule has 0 bridgehead atoms. The van der Waals surface area contributed by atoms with Gasteiger partial charge in [0.1, 0.15) is 4.99 Å². The lowest BCUT2D eigenvalue weighted by atomic mass is 9.94. The van der Waals surface area contributed by atoms with Crippen molar-refractivity contribution in [1.82, 2.24) is 0 Å². The van der Waals surface area contributed by atoms with Crippen molar-refractivity contribution in [3.8, 4) is 0 Å². The number of anilines is 1. The summed E-state index contributed by atoms with van der Waals surface area (Å²) in [7, 11) is 0. The van der Waals surface area contributed by atoms with Crippen LogP contribution < -0.4 is 11.1 Å². The van der Waals surface area contributed by atoms with E-state index in [2.05, 4.69) is 30.6 Å². The van der Waals surface area contributed by atoms with Gasteiger partial charge in [0.05, 0.1) is 0 Å². The molecular weight excluding hydrogens is 272 g/mol. The molecule has 2 rings (SSSR count). The van der Waals surface area contributed by atoms with E-state index < -0.39 is 0 Å². The van der Waals surface area contributed by atoms with Gasteiger partial charge >= 0.3 is 0 Å². The van der Waals surface area contributed by atoms with E-state index in [0.717, 1.165) is 16.4 Å². The summed E-state index contributed by atoms with van der Waals surface area (Å²) in [4.78, 5) is 0.476. The van der Waals surface area contributed by atoms with Crippen molar-refractivity contribution < 1.29 is 0 Å². The van der Waals surface area contributed by atoms with E-state index in [1.54, 1.807) is 0 Å². The molecule has 1 aromatic rings. The van der Waals surface area contributed by atoms with Crippen molar-refractivity contribution in [3.05, 3.63) is 29.3 Å². The Balaban J connectivity index is 2.03. The highest BCUT2D eigenvalue weighted by molar-refractivity contribution is 7.99. The van der Waals surface area contributed by atoms with Crippen LogP contribution in [0.4, 0.5) is 5.69 Å². The maximum atomic E-state index is 5.69. The molecule has 2 unspecified atom stereocenters. The Morgan fingerprint density at radius 2 is 2.21 bits per heavy atom. The summed E-state index contributed by atoms with van der Waals surface area (Å²) >= 11 is 7.04. The maximum Gasteiger partial charge on any atom is 0.104 e. The summed E-state index contributed by atoms with van der Waals surface area (Å²) < 4.78 is 0. The molecule has 0 heterocycles. The van der Waals surface area contributed by atoms with Crippen LogP contribution in [-0.2, 0) is 0 Å². The lowest BCUT2D eigenvalue weighted by molar-refractivity contribution is 0.473. The molecule has 1 aliphatic rings. The standard InChI is InChI=1S/C15H22N2S2/c1-10-8-12(6-7-14(10)15(16)18)17-11-4-3-5-13(9-11)19-2/h6-8,11,13,17H,3-5,9H2,1-2H3,(H2,16,18). The molecule has 0 radical (unpaired) electrons. The average molecular weight is 294 g/mol. The third-order valence-electron chi connectivity index (χ3n) is 3.82. The van der Waals surface area contributed by atoms with E-state index in [1.165, 1.54) is 31.4 Å². The Kier molecular flexibility index (Phi) is 5.11. The molecule has 0 aliphatic heterocycles. The van der Waals surface area contributed by atoms with E-state index in [0.29, 0.717) is 11.0 Å². The first-order valence-electron chi connectivity index (χ1n) is 6.80. The minimum Gasteiger partial charge on any atom is -0.389 e. The van der Waals surface area contributed by atoms with Gasteiger partial charge in [-0.05, 0) is 56.2 Å². The first kappa shape index (κ1) is 14.7. The molecule has 1 fully saturated rings. The van der Waals surface area contributed by atoms with Crippen molar-refractivity contribution in [2.75, 3.05) is 11.6 Å². The van der Waals surface area contributed by atoms with Gasteiger partial charge in [0.25, 0.3) is 0 Å². The highest BCUT2D eigenvalue weighted by atomic mass is 32.2. The quantitative estimate of drug-likeness (QED) is 0.830. The van der Waals surface area contributed by atoms with E-state index >= 15 is 0 Å². The van der Waals surface area contributed by atoms with Crippen LogP contribution in [0.25, 0.3) is 0 Å². The van der Waals surface area contributed by atoms with Crippen molar-refractivity contribution >= 4 is 34.7 Å². The first-order chi connectivity index (χ1) is 9.10. The largest absolute Gasteiger partial charge is 0.389 e. The lowest BCUT2D eigenvalue weighted by Crippen LogP contribution is -2.28. The summed E-state index contributed by atoms with van der Waals surface area (Å²) in [5, 5.41) is 4.46. The zero-order chi connectivity index (χ0) is 13.8. The molecule has 1 aliphatic carbocycles. The Labute approximate surface area is 125 Å².